The number of allylic oxidation sites excluding steroid dienone is 2. The molecule has 0 saturated carbocycles. The van der Waals surface area contributed by atoms with Crippen LogP contribution in [0.1, 0.15) is 49.0 Å². The molecule has 0 bridgehead atoms. The largest absolute Gasteiger partial charge is 0.459 e. The third kappa shape index (κ3) is 4.40. The Balaban J connectivity index is 2.72. The second kappa shape index (κ2) is 7.57. The summed E-state index contributed by atoms with van der Waals surface area (Å²) >= 11 is 0. The summed E-state index contributed by atoms with van der Waals surface area (Å²) in [4.78, 5) is 12.0. The topological polar surface area (TPSA) is 26.3 Å². The molecule has 0 unspecified atom stereocenters. The monoisotopic (exact) mass is 258 g/mol. The van der Waals surface area contributed by atoms with Crippen molar-refractivity contribution in [1.29, 1.82) is 0 Å². The van der Waals surface area contributed by atoms with Gasteiger partial charge in [0, 0.05) is 0 Å². The molecule has 0 aliphatic rings. The van der Waals surface area contributed by atoms with Crippen LogP contribution in [-0.2, 0) is 4.74 Å². The molecule has 0 amide bonds. The van der Waals surface area contributed by atoms with Crippen LogP contribution in [0.5, 0.6) is 0 Å². The van der Waals surface area contributed by atoms with Crippen molar-refractivity contribution in [2.75, 3.05) is 0 Å². The summed E-state index contributed by atoms with van der Waals surface area (Å²) in [7, 11) is 0. The Kier molecular flexibility index (Phi) is 6.07. The van der Waals surface area contributed by atoms with Gasteiger partial charge in [-0.3, -0.25) is 0 Å². The smallest absolute Gasteiger partial charge is 0.338 e. The molecule has 0 fully saturated rings. The van der Waals surface area contributed by atoms with E-state index in [0.29, 0.717) is 5.56 Å². The zero-order valence-electron chi connectivity index (χ0n) is 11.8. The first kappa shape index (κ1) is 15.2. The van der Waals surface area contributed by atoms with Crippen molar-refractivity contribution < 1.29 is 9.53 Å². The molecule has 102 valence electrons. The first-order chi connectivity index (χ1) is 9.12. The van der Waals surface area contributed by atoms with Crippen LogP contribution in [-0.4, -0.2) is 12.1 Å². The summed E-state index contributed by atoms with van der Waals surface area (Å²) < 4.78 is 5.47. The molecular weight excluding hydrogens is 236 g/mol. The van der Waals surface area contributed by atoms with Crippen molar-refractivity contribution in [3.05, 3.63) is 54.6 Å². The number of benzene rings is 1. The summed E-state index contributed by atoms with van der Waals surface area (Å²) in [5.74, 6) is -0.254. The van der Waals surface area contributed by atoms with Crippen molar-refractivity contribution >= 4 is 11.5 Å². The van der Waals surface area contributed by atoms with Gasteiger partial charge in [-0.15, -0.1) is 0 Å². The average Bonchev–Trinajstić information content (AvgIpc) is 2.45. The van der Waals surface area contributed by atoms with Gasteiger partial charge in [0.2, 0.25) is 0 Å². The molecule has 1 atom stereocenters. The molecule has 0 N–H and O–H groups in total. The molecule has 0 spiro atoms. The van der Waals surface area contributed by atoms with E-state index < -0.39 is 0 Å². The summed E-state index contributed by atoms with van der Waals surface area (Å²) in [6.45, 7) is 11.7. The molecule has 0 radical (unpaired) electrons. The molecule has 19 heavy (non-hydrogen) atoms. The van der Waals surface area contributed by atoms with Gasteiger partial charge in [0.05, 0.1) is 5.56 Å². The summed E-state index contributed by atoms with van der Waals surface area (Å²) in [6.07, 6.45) is 4.49. The standard InChI is InChI=1S/C17H22O2/c1-5-8-16(7-3)19-17(18)15-11-9-14(10-12-15)13(4)6-2/h6,9-12,16H,2,4-5,7-8H2,1,3H3/t16-/m1/s1. The zero-order chi connectivity index (χ0) is 14.3. The van der Waals surface area contributed by atoms with Crippen LogP contribution in [0, 0.1) is 0 Å². The van der Waals surface area contributed by atoms with E-state index in [-0.39, 0.29) is 12.1 Å². The van der Waals surface area contributed by atoms with Gasteiger partial charge in [0.15, 0.2) is 0 Å². The summed E-state index contributed by atoms with van der Waals surface area (Å²) in [5, 5.41) is 0. The molecule has 1 aromatic carbocycles. The van der Waals surface area contributed by atoms with Crippen LogP contribution < -0.4 is 0 Å². The molecule has 2 heteroatoms. The lowest BCUT2D eigenvalue weighted by molar-refractivity contribution is 0.0271. The van der Waals surface area contributed by atoms with Gasteiger partial charge in [-0.05, 0) is 36.1 Å². The zero-order valence-corrected chi connectivity index (χ0v) is 11.8. The van der Waals surface area contributed by atoms with Gasteiger partial charge in [-0.2, -0.15) is 0 Å². The fraction of sp³-hybridized carbons (Fsp3) is 0.353. The summed E-state index contributed by atoms with van der Waals surface area (Å²) in [6, 6.07) is 7.26. The number of hydrogen-bond donors (Lipinski definition) is 0. The van der Waals surface area contributed by atoms with E-state index in [2.05, 4.69) is 20.1 Å². The lowest BCUT2D eigenvalue weighted by Crippen LogP contribution is -2.17. The minimum atomic E-state index is -0.254. The average molecular weight is 258 g/mol. The predicted molar refractivity (Wildman–Crippen MR) is 80.1 cm³/mol. The third-order valence-corrected chi connectivity index (χ3v) is 3.08. The Morgan fingerprint density at radius 1 is 1.26 bits per heavy atom. The molecule has 0 aliphatic heterocycles. The van der Waals surface area contributed by atoms with E-state index >= 15 is 0 Å². The second-order valence-corrected chi connectivity index (χ2v) is 4.53. The Labute approximate surface area is 115 Å². The molecular formula is C17H22O2. The van der Waals surface area contributed by atoms with Gasteiger partial charge < -0.3 is 4.74 Å². The van der Waals surface area contributed by atoms with Crippen molar-refractivity contribution in [2.45, 2.75) is 39.2 Å². The summed E-state index contributed by atoms with van der Waals surface area (Å²) in [5.41, 5.74) is 2.39. The van der Waals surface area contributed by atoms with Crippen LogP contribution in [0.4, 0.5) is 0 Å². The number of hydrogen-bond acceptors (Lipinski definition) is 2. The van der Waals surface area contributed by atoms with Gasteiger partial charge in [-0.1, -0.05) is 51.6 Å². The maximum absolute atomic E-state index is 12.0. The molecule has 1 aromatic rings. The number of esters is 1. The highest BCUT2D eigenvalue weighted by molar-refractivity contribution is 5.90. The second-order valence-electron chi connectivity index (χ2n) is 4.53. The van der Waals surface area contributed by atoms with Crippen molar-refractivity contribution in [3.8, 4) is 0 Å². The third-order valence-electron chi connectivity index (χ3n) is 3.08. The van der Waals surface area contributed by atoms with E-state index in [0.717, 1.165) is 30.4 Å². The van der Waals surface area contributed by atoms with Crippen molar-refractivity contribution in [3.63, 3.8) is 0 Å². The highest BCUT2D eigenvalue weighted by atomic mass is 16.5. The molecule has 0 heterocycles. The Morgan fingerprint density at radius 2 is 1.84 bits per heavy atom. The normalized spacial score (nSPS) is 11.7. The highest BCUT2D eigenvalue weighted by Crippen LogP contribution is 2.16. The van der Waals surface area contributed by atoms with Gasteiger partial charge in [0.25, 0.3) is 0 Å². The van der Waals surface area contributed by atoms with E-state index in [4.69, 9.17) is 4.74 Å². The first-order valence-electron chi connectivity index (χ1n) is 6.75. The number of carbonyl (C=O) groups excluding carboxylic acids is 1. The van der Waals surface area contributed by atoms with Crippen LogP contribution in [0.25, 0.3) is 5.57 Å². The van der Waals surface area contributed by atoms with Crippen LogP contribution >= 0.6 is 0 Å². The van der Waals surface area contributed by atoms with Gasteiger partial charge in [0.1, 0.15) is 6.10 Å². The molecule has 0 aromatic heterocycles. The van der Waals surface area contributed by atoms with E-state index in [1.54, 1.807) is 18.2 Å². The molecule has 0 saturated heterocycles. The first-order valence-corrected chi connectivity index (χ1v) is 6.75. The minimum Gasteiger partial charge on any atom is -0.459 e. The van der Waals surface area contributed by atoms with Crippen LogP contribution in [0.15, 0.2) is 43.5 Å². The fourth-order valence-corrected chi connectivity index (χ4v) is 1.83. The fourth-order valence-electron chi connectivity index (χ4n) is 1.83. The van der Waals surface area contributed by atoms with Gasteiger partial charge in [-0.25, -0.2) is 4.79 Å². The lowest BCUT2D eigenvalue weighted by Gasteiger charge is -2.15. The van der Waals surface area contributed by atoms with E-state index in [9.17, 15) is 4.79 Å². The number of carbonyl (C=O) groups is 1. The molecule has 1 rings (SSSR count). The molecule has 2 nitrogen and oxygen atoms in total. The molecule has 0 aliphatic carbocycles. The number of rotatable bonds is 7. The highest BCUT2D eigenvalue weighted by Gasteiger charge is 2.13. The predicted octanol–water partition coefficient (Wildman–Crippen LogP) is 4.62. The van der Waals surface area contributed by atoms with Crippen LogP contribution in [0.3, 0.4) is 0 Å². The van der Waals surface area contributed by atoms with Gasteiger partial charge >= 0.3 is 5.97 Å². The Morgan fingerprint density at radius 3 is 2.32 bits per heavy atom. The van der Waals surface area contributed by atoms with Crippen molar-refractivity contribution in [2.24, 2.45) is 0 Å². The number of ether oxygens (including phenoxy) is 1. The Bertz CT molecular complexity index is 443. The quantitative estimate of drug-likeness (QED) is 0.527. The van der Waals surface area contributed by atoms with E-state index in [1.807, 2.05) is 19.1 Å². The van der Waals surface area contributed by atoms with Crippen molar-refractivity contribution in [1.82, 2.24) is 0 Å². The maximum atomic E-state index is 12.0. The van der Waals surface area contributed by atoms with Crippen LogP contribution in [0.2, 0.25) is 0 Å². The minimum absolute atomic E-state index is 0.0142. The SMILES string of the molecule is C=CC(=C)c1ccc(C(=O)O[C@H](CC)CCC)cc1. The maximum Gasteiger partial charge on any atom is 0.338 e. The Hall–Kier alpha value is -1.83. The lowest BCUT2D eigenvalue weighted by atomic mass is 10.1. The van der Waals surface area contributed by atoms with E-state index in [1.165, 1.54) is 0 Å².